The topological polar surface area (TPSA) is 61.9 Å². The molecule has 1 aliphatic carbocycles. The fraction of sp³-hybridized carbons (Fsp3) is 0.458. The molecule has 1 N–H and O–H groups in total. The second kappa shape index (κ2) is 9.58. The van der Waals surface area contributed by atoms with Gasteiger partial charge in [0.25, 0.3) is 0 Å². The summed E-state index contributed by atoms with van der Waals surface area (Å²) in [6.07, 6.45) is 3.00. The molecule has 0 spiro atoms. The minimum absolute atomic E-state index is 0.0776. The number of carbonyl (C=O) groups is 2. The molecule has 2 heterocycles. The van der Waals surface area contributed by atoms with Crippen molar-refractivity contribution in [1.82, 2.24) is 4.90 Å². The number of benzene rings is 1. The van der Waals surface area contributed by atoms with Crippen LogP contribution >= 0.6 is 23.6 Å². The highest BCUT2D eigenvalue weighted by Gasteiger charge is 2.29. The number of ether oxygens (including phenoxy) is 1. The number of fused-ring (bicyclic) bond motifs is 1. The maximum Gasteiger partial charge on any atom is 0.341 e. The summed E-state index contributed by atoms with van der Waals surface area (Å²) < 4.78 is 5.08. The van der Waals surface area contributed by atoms with E-state index in [2.05, 4.69) is 22.0 Å². The van der Waals surface area contributed by atoms with Gasteiger partial charge in [0.15, 0.2) is 10.9 Å². The van der Waals surface area contributed by atoms with E-state index in [0.717, 1.165) is 67.3 Å². The Bertz CT molecular complexity index is 1020. The Morgan fingerprint density at radius 3 is 2.47 bits per heavy atom. The van der Waals surface area contributed by atoms with Crippen LogP contribution in [0.1, 0.15) is 51.4 Å². The summed E-state index contributed by atoms with van der Waals surface area (Å²) in [5.41, 5.74) is 3.63. The normalized spacial score (nSPS) is 18.2. The number of Topliss-reactive ketones (excluding diaryl/α,β-unsaturated/α-hetero) is 1. The third-order valence-electron chi connectivity index (χ3n) is 6.33. The number of piperazine rings is 1. The van der Waals surface area contributed by atoms with Crippen LogP contribution in [-0.4, -0.2) is 55.1 Å². The molecule has 2 aliphatic rings. The summed E-state index contributed by atoms with van der Waals surface area (Å²) >= 11 is 7.36. The molecule has 4 rings (SSSR count). The highest BCUT2D eigenvalue weighted by atomic mass is 32.1. The van der Waals surface area contributed by atoms with Crippen molar-refractivity contribution in [2.75, 3.05) is 43.5 Å². The molecule has 2 aromatic rings. The average Bonchev–Trinajstić information content (AvgIpc) is 3.15. The number of carbonyl (C=O) groups excluding carboxylic acids is 2. The van der Waals surface area contributed by atoms with Crippen molar-refractivity contribution >= 4 is 51.1 Å². The Balaban J connectivity index is 1.42. The number of anilines is 2. The number of rotatable bonds is 4. The minimum atomic E-state index is -0.291. The van der Waals surface area contributed by atoms with Crippen LogP contribution < -0.4 is 10.2 Å². The Kier molecular flexibility index (Phi) is 6.81. The zero-order chi connectivity index (χ0) is 22.8. The fourth-order valence-corrected chi connectivity index (χ4v) is 6.15. The summed E-state index contributed by atoms with van der Waals surface area (Å²) in [7, 11) is 1.43. The predicted octanol–water partition coefficient (Wildman–Crippen LogP) is 4.38. The van der Waals surface area contributed by atoms with Crippen LogP contribution in [0.3, 0.4) is 0 Å². The van der Waals surface area contributed by atoms with Gasteiger partial charge in [-0.05, 0) is 74.2 Å². The van der Waals surface area contributed by atoms with Gasteiger partial charge in [-0.15, -0.1) is 11.3 Å². The molecule has 1 aromatic carbocycles. The molecule has 0 radical (unpaired) electrons. The van der Waals surface area contributed by atoms with Gasteiger partial charge >= 0.3 is 5.97 Å². The van der Waals surface area contributed by atoms with Gasteiger partial charge in [-0.2, -0.15) is 0 Å². The monoisotopic (exact) mass is 471 g/mol. The number of esters is 1. The summed E-state index contributed by atoms with van der Waals surface area (Å²) in [5, 5.41) is 4.82. The van der Waals surface area contributed by atoms with Gasteiger partial charge < -0.3 is 19.9 Å². The van der Waals surface area contributed by atoms with Crippen molar-refractivity contribution in [3.8, 4) is 0 Å². The highest BCUT2D eigenvalue weighted by molar-refractivity contribution is 7.80. The number of methoxy groups -OCH3 is 1. The number of nitrogens with zero attached hydrogens (tertiary/aromatic N) is 2. The zero-order valence-electron chi connectivity index (χ0n) is 18.8. The lowest BCUT2D eigenvalue weighted by Crippen LogP contribution is -2.50. The Labute approximate surface area is 198 Å². The Morgan fingerprint density at radius 1 is 1.16 bits per heavy atom. The average molecular weight is 472 g/mol. The lowest BCUT2D eigenvalue weighted by Gasteiger charge is -2.37. The van der Waals surface area contributed by atoms with Crippen LogP contribution in [0, 0.1) is 5.92 Å². The molecule has 8 heteroatoms. The minimum Gasteiger partial charge on any atom is -0.465 e. The van der Waals surface area contributed by atoms with Gasteiger partial charge in [-0.1, -0.05) is 6.92 Å². The predicted molar refractivity (Wildman–Crippen MR) is 133 cm³/mol. The van der Waals surface area contributed by atoms with Crippen LogP contribution in [0.4, 0.5) is 10.7 Å². The number of ketones is 1. The van der Waals surface area contributed by atoms with E-state index in [0.29, 0.717) is 16.6 Å². The van der Waals surface area contributed by atoms with Crippen LogP contribution in [0.5, 0.6) is 0 Å². The molecule has 32 heavy (non-hydrogen) atoms. The fourth-order valence-electron chi connectivity index (χ4n) is 4.41. The van der Waals surface area contributed by atoms with Gasteiger partial charge in [-0.25, -0.2) is 4.79 Å². The number of hydrogen-bond donors (Lipinski definition) is 1. The van der Waals surface area contributed by atoms with Crippen molar-refractivity contribution in [3.05, 3.63) is 45.8 Å². The maximum absolute atomic E-state index is 12.5. The van der Waals surface area contributed by atoms with Crippen LogP contribution in [0.2, 0.25) is 0 Å². The van der Waals surface area contributed by atoms with E-state index in [9.17, 15) is 9.59 Å². The SMILES string of the molecule is COC(=O)c1c(NC(=S)N2CCN(c3ccc(C(C)=O)cc3)CC2)sc2c1CCC(C)C2. The van der Waals surface area contributed by atoms with E-state index in [4.69, 9.17) is 17.0 Å². The van der Waals surface area contributed by atoms with Crippen LogP contribution in [0.25, 0.3) is 0 Å². The highest BCUT2D eigenvalue weighted by Crippen LogP contribution is 2.40. The summed E-state index contributed by atoms with van der Waals surface area (Å²) in [6, 6.07) is 7.76. The quantitative estimate of drug-likeness (QED) is 0.403. The first-order valence-electron chi connectivity index (χ1n) is 11.0. The molecule has 1 aliphatic heterocycles. The van der Waals surface area contributed by atoms with Crippen molar-refractivity contribution in [3.63, 3.8) is 0 Å². The molecule has 1 unspecified atom stereocenters. The first kappa shape index (κ1) is 22.7. The summed E-state index contributed by atoms with van der Waals surface area (Å²) in [5.74, 6) is 0.416. The number of thiocarbonyl (C=S) groups is 1. The van der Waals surface area contributed by atoms with E-state index in [1.807, 2.05) is 24.3 Å². The third-order valence-corrected chi connectivity index (χ3v) is 7.86. The van der Waals surface area contributed by atoms with Crippen molar-refractivity contribution in [2.45, 2.75) is 33.1 Å². The second-order valence-electron chi connectivity index (χ2n) is 8.55. The smallest absolute Gasteiger partial charge is 0.341 e. The molecule has 0 bridgehead atoms. The van der Waals surface area contributed by atoms with Crippen LogP contribution in [-0.2, 0) is 17.6 Å². The standard InChI is InChI=1S/C24H29N3O3S2/c1-15-4-9-19-20(14-15)32-22(21(19)23(29)30-3)25-24(31)27-12-10-26(11-13-27)18-7-5-17(6-8-18)16(2)28/h5-8,15H,4,9-14H2,1-3H3,(H,25,31). The molecule has 170 valence electrons. The Morgan fingerprint density at radius 2 is 1.84 bits per heavy atom. The number of thiophene rings is 1. The third kappa shape index (κ3) is 4.66. The van der Waals surface area contributed by atoms with Gasteiger partial charge in [0.05, 0.1) is 12.7 Å². The van der Waals surface area contributed by atoms with E-state index in [-0.39, 0.29) is 11.8 Å². The Hall–Kier alpha value is -2.45. The zero-order valence-corrected chi connectivity index (χ0v) is 20.4. The molecule has 1 atom stereocenters. The second-order valence-corrected chi connectivity index (χ2v) is 10.0. The first-order chi connectivity index (χ1) is 15.4. The van der Waals surface area contributed by atoms with Crippen molar-refractivity contribution in [1.29, 1.82) is 0 Å². The van der Waals surface area contributed by atoms with Gasteiger partial charge in [-0.3, -0.25) is 4.79 Å². The van der Waals surface area contributed by atoms with Crippen molar-refractivity contribution in [2.24, 2.45) is 5.92 Å². The van der Waals surface area contributed by atoms with Crippen molar-refractivity contribution < 1.29 is 14.3 Å². The summed E-state index contributed by atoms with van der Waals surface area (Å²) in [6.45, 7) is 7.09. The van der Waals surface area contributed by atoms with Gasteiger partial charge in [0, 0.05) is 42.3 Å². The molecule has 1 fully saturated rings. The lowest BCUT2D eigenvalue weighted by molar-refractivity contribution is 0.0600. The number of hydrogen-bond acceptors (Lipinski definition) is 6. The molecule has 0 saturated carbocycles. The van der Waals surface area contributed by atoms with Crippen LogP contribution in [0.15, 0.2) is 24.3 Å². The number of nitrogens with one attached hydrogen (secondary N) is 1. The molecule has 6 nitrogen and oxygen atoms in total. The molecular weight excluding hydrogens is 442 g/mol. The molecular formula is C24H29N3O3S2. The van der Waals surface area contributed by atoms with E-state index < -0.39 is 0 Å². The molecule has 0 amide bonds. The van der Waals surface area contributed by atoms with Gasteiger partial charge in [0.1, 0.15) is 5.00 Å². The van der Waals surface area contributed by atoms with E-state index in [1.165, 1.54) is 12.0 Å². The molecule has 1 saturated heterocycles. The van der Waals surface area contributed by atoms with E-state index >= 15 is 0 Å². The molecule has 1 aromatic heterocycles. The maximum atomic E-state index is 12.5. The van der Waals surface area contributed by atoms with E-state index in [1.54, 1.807) is 18.3 Å². The summed E-state index contributed by atoms with van der Waals surface area (Å²) in [4.78, 5) is 29.8. The lowest BCUT2D eigenvalue weighted by atomic mass is 9.88. The largest absolute Gasteiger partial charge is 0.465 e. The van der Waals surface area contributed by atoms with Gasteiger partial charge in [0.2, 0.25) is 0 Å². The first-order valence-corrected chi connectivity index (χ1v) is 12.2.